The van der Waals surface area contributed by atoms with Crippen molar-refractivity contribution in [3.63, 3.8) is 0 Å². The fourth-order valence-corrected chi connectivity index (χ4v) is 9.74. The summed E-state index contributed by atoms with van der Waals surface area (Å²) in [4.78, 5) is 10.5. The highest BCUT2D eigenvalue weighted by atomic mass is 32.1. The molecule has 0 aliphatic heterocycles. The van der Waals surface area contributed by atoms with E-state index in [0.29, 0.717) is 0 Å². The summed E-state index contributed by atoms with van der Waals surface area (Å²) in [5, 5.41) is 13.4. The van der Waals surface area contributed by atoms with Gasteiger partial charge in [-0.05, 0) is 93.0 Å². The molecule has 0 saturated heterocycles. The van der Waals surface area contributed by atoms with Gasteiger partial charge in [-0.1, -0.05) is 115 Å². The van der Waals surface area contributed by atoms with Gasteiger partial charge in [0.2, 0.25) is 0 Å². The van der Waals surface area contributed by atoms with Gasteiger partial charge in [0.1, 0.15) is 0 Å². The minimum atomic E-state index is 0.753. The molecule has 0 aliphatic carbocycles. The smallest absolute Gasteiger partial charge is 0.161 e. The zero-order chi connectivity index (χ0) is 35.3. The highest BCUT2D eigenvalue weighted by molar-refractivity contribution is 7.26. The van der Waals surface area contributed by atoms with Crippen LogP contribution in [0.1, 0.15) is 0 Å². The van der Waals surface area contributed by atoms with Crippen LogP contribution in [-0.2, 0) is 0 Å². The summed E-state index contributed by atoms with van der Waals surface area (Å²) in [6, 6.07) is 63.8. The van der Waals surface area contributed by atoms with Crippen molar-refractivity contribution in [2.75, 3.05) is 0 Å². The Morgan fingerprint density at radius 3 is 1.76 bits per heavy atom. The standard InChI is InChI=1S/C50H29N3S/c1-3-12-32-28-45-42(26-30(32)10-1)43-27-31-11-2-4-13-33(31)29-46(43)53(45)37-23-22-34-24-36(21-20-35(34)25-37)48-40-15-5-7-18-44(40)51-50(52-48)41-17-9-16-39-38-14-6-8-19-47(38)54-49(39)41/h1-29H. The van der Waals surface area contributed by atoms with Crippen LogP contribution in [0.2, 0.25) is 0 Å². The van der Waals surface area contributed by atoms with Crippen LogP contribution in [0.15, 0.2) is 176 Å². The molecule has 0 N–H and O–H groups in total. The average Bonchev–Trinajstić information content (AvgIpc) is 3.76. The summed E-state index contributed by atoms with van der Waals surface area (Å²) >= 11 is 1.81. The molecule has 0 amide bonds. The number of benzene rings is 9. The third-order valence-electron chi connectivity index (χ3n) is 11.1. The van der Waals surface area contributed by atoms with Crippen molar-refractivity contribution in [1.29, 1.82) is 0 Å². The maximum Gasteiger partial charge on any atom is 0.161 e. The van der Waals surface area contributed by atoms with E-state index in [-0.39, 0.29) is 0 Å². The zero-order valence-electron chi connectivity index (χ0n) is 29.0. The van der Waals surface area contributed by atoms with Gasteiger partial charge in [0.15, 0.2) is 5.82 Å². The van der Waals surface area contributed by atoms with Gasteiger partial charge in [-0.25, -0.2) is 9.97 Å². The number of aromatic nitrogens is 3. The molecule has 54 heavy (non-hydrogen) atoms. The van der Waals surface area contributed by atoms with Crippen molar-refractivity contribution in [3.05, 3.63) is 176 Å². The Morgan fingerprint density at radius 1 is 0.407 bits per heavy atom. The molecule has 0 atom stereocenters. The molecule has 4 heteroatoms. The molecule has 12 rings (SSSR count). The van der Waals surface area contributed by atoms with E-state index in [0.717, 1.165) is 39.2 Å². The molecule has 0 unspecified atom stereocenters. The number of para-hydroxylation sites is 1. The number of fused-ring (bicyclic) bond motifs is 10. The molecular weight excluding hydrogens is 675 g/mol. The Bertz CT molecular complexity index is 3420. The van der Waals surface area contributed by atoms with Crippen LogP contribution in [0.3, 0.4) is 0 Å². The first kappa shape index (κ1) is 29.7. The van der Waals surface area contributed by atoms with E-state index in [1.807, 2.05) is 11.3 Å². The highest BCUT2D eigenvalue weighted by Crippen LogP contribution is 2.41. The third-order valence-corrected chi connectivity index (χ3v) is 12.3. The molecule has 0 radical (unpaired) electrons. The van der Waals surface area contributed by atoms with E-state index in [2.05, 4.69) is 180 Å². The van der Waals surface area contributed by atoms with Gasteiger partial charge in [0.25, 0.3) is 0 Å². The van der Waals surface area contributed by atoms with E-state index in [4.69, 9.17) is 9.97 Å². The van der Waals surface area contributed by atoms with Gasteiger partial charge in [-0.3, -0.25) is 0 Å². The van der Waals surface area contributed by atoms with Crippen molar-refractivity contribution < 1.29 is 0 Å². The molecule has 250 valence electrons. The SMILES string of the molecule is c1ccc2cc3c(cc2c1)c1cc2ccccc2cc1n3-c1ccc2cc(-c3nc(-c4cccc5c4sc4ccccc45)nc4ccccc34)ccc2c1. The summed E-state index contributed by atoms with van der Waals surface area (Å²) in [7, 11) is 0. The number of rotatable bonds is 3. The maximum atomic E-state index is 5.34. The fraction of sp³-hybridized carbons (Fsp3) is 0. The number of hydrogen-bond donors (Lipinski definition) is 0. The number of hydrogen-bond acceptors (Lipinski definition) is 3. The van der Waals surface area contributed by atoms with E-state index in [1.54, 1.807) is 0 Å². The van der Waals surface area contributed by atoms with E-state index in [9.17, 15) is 0 Å². The van der Waals surface area contributed by atoms with E-state index >= 15 is 0 Å². The quantitative estimate of drug-likeness (QED) is 0.183. The second-order valence-electron chi connectivity index (χ2n) is 14.2. The zero-order valence-corrected chi connectivity index (χ0v) is 29.8. The minimum Gasteiger partial charge on any atom is -0.309 e. The summed E-state index contributed by atoms with van der Waals surface area (Å²) in [5.74, 6) is 0.753. The molecule has 3 heterocycles. The molecule has 3 nitrogen and oxygen atoms in total. The lowest BCUT2D eigenvalue weighted by atomic mass is 10.0. The lowest BCUT2D eigenvalue weighted by Crippen LogP contribution is -1.96. The first-order valence-corrected chi connectivity index (χ1v) is 19.1. The molecule has 0 spiro atoms. The summed E-state index contributed by atoms with van der Waals surface area (Å²) in [6.45, 7) is 0. The fourth-order valence-electron chi connectivity index (χ4n) is 8.53. The summed E-state index contributed by atoms with van der Waals surface area (Å²) in [6.07, 6.45) is 0. The van der Waals surface area contributed by atoms with Crippen molar-refractivity contribution >= 4 is 96.5 Å². The minimum absolute atomic E-state index is 0.753. The van der Waals surface area contributed by atoms with Crippen LogP contribution in [0.5, 0.6) is 0 Å². The second kappa shape index (κ2) is 11.3. The van der Waals surface area contributed by atoms with Gasteiger partial charge in [-0.2, -0.15) is 0 Å². The van der Waals surface area contributed by atoms with Crippen LogP contribution in [0.25, 0.3) is 114 Å². The molecular formula is C50H29N3S. The summed E-state index contributed by atoms with van der Waals surface area (Å²) < 4.78 is 4.94. The molecule has 9 aromatic carbocycles. The number of thiophene rings is 1. The van der Waals surface area contributed by atoms with Gasteiger partial charge < -0.3 is 4.57 Å². The first-order valence-electron chi connectivity index (χ1n) is 18.3. The lowest BCUT2D eigenvalue weighted by molar-refractivity contribution is 1.19. The Labute approximate surface area is 314 Å². The normalized spacial score (nSPS) is 12.1. The molecule has 0 saturated carbocycles. The van der Waals surface area contributed by atoms with Gasteiger partial charge in [0, 0.05) is 53.1 Å². The first-order chi connectivity index (χ1) is 26.7. The Kier molecular flexibility index (Phi) is 6.21. The average molecular weight is 704 g/mol. The van der Waals surface area contributed by atoms with Crippen LogP contribution in [-0.4, -0.2) is 14.5 Å². The summed E-state index contributed by atoms with van der Waals surface area (Å²) in [5.41, 5.74) is 7.60. The highest BCUT2D eigenvalue weighted by Gasteiger charge is 2.18. The maximum absolute atomic E-state index is 5.34. The van der Waals surface area contributed by atoms with Gasteiger partial charge in [0.05, 0.1) is 22.2 Å². The monoisotopic (exact) mass is 703 g/mol. The third kappa shape index (κ3) is 4.41. The molecule has 12 aromatic rings. The second-order valence-corrected chi connectivity index (χ2v) is 15.3. The Hall–Kier alpha value is -6.88. The molecule has 0 fully saturated rings. The van der Waals surface area contributed by atoms with Gasteiger partial charge in [-0.15, -0.1) is 11.3 Å². The Morgan fingerprint density at radius 2 is 1.00 bits per heavy atom. The van der Waals surface area contributed by atoms with Crippen molar-refractivity contribution in [1.82, 2.24) is 14.5 Å². The van der Waals surface area contributed by atoms with Crippen molar-refractivity contribution in [2.24, 2.45) is 0 Å². The largest absolute Gasteiger partial charge is 0.309 e. The molecule has 3 aromatic heterocycles. The van der Waals surface area contributed by atoms with E-state index < -0.39 is 0 Å². The van der Waals surface area contributed by atoms with Crippen LogP contribution < -0.4 is 0 Å². The Balaban J connectivity index is 1.04. The van der Waals surface area contributed by atoms with Crippen molar-refractivity contribution in [3.8, 4) is 28.3 Å². The van der Waals surface area contributed by atoms with Crippen LogP contribution in [0, 0.1) is 0 Å². The topological polar surface area (TPSA) is 30.7 Å². The predicted octanol–water partition coefficient (Wildman–Crippen LogP) is 13.9. The predicted molar refractivity (Wildman–Crippen MR) is 230 cm³/mol. The van der Waals surface area contributed by atoms with Crippen LogP contribution >= 0.6 is 11.3 Å². The molecule has 0 bridgehead atoms. The lowest BCUT2D eigenvalue weighted by Gasteiger charge is -2.12. The van der Waals surface area contributed by atoms with E-state index in [1.165, 1.54) is 74.3 Å². The van der Waals surface area contributed by atoms with Crippen molar-refractivity contribution in [2.45, 2.75) is 0 Å². The molecule has 0 aliphatic rings. The number of nitrogens with zero attached hydrogens (tertiary/aromatic N) is 3. The van der Waals surface area contributed by atoms with Gasteiger partial charge >= 0.3 is 0 Å². The van der Waals surface area contributed by atoms with Crippen LogP contribution in [0.4, 0.5) is 0 Å².